The van der Waals surface area contributed by atoms with Gasteiger partial charge in [-0.2, -0.15) is 0 Å². The van der Waals surface area contributed by atoms with Gasteiger partial charge < -0.3 is 15.8 Å². The number of nitrogens with one attached hydrogen (secondary N) is 1. The summed E-state index contributed by atoms with van der Waals surface area (Å²) in [6, 6.07) is 0.380. The lowest BCUT2D eigenvalue weighted by Crippen LogP contribution is -2.31. The molecule has 1 saturated carbocycles. The molecule has 0 saturated heterocycles. The molecular weight excluding hydrogens is 228 g/mol. The van der Waals surface area contributed by atoms with Crippen LogP contribution in [-0.2, 0) is 4.74 Å². The van der Waals surface area contributed by atoms with Crippen LogP contribution in [0.3, 0.4) is 0 Å². The minimum Gasteiger partial charge on any atom is -0.376 e. The van der Waals surface area contributed by atoms with Crippen molar-refractivity contribution in [1.29, 1.82) is 0 Å². The number of nitrogens with zero attached hydrogens (tertiary/aromatic N) is 2. The molecule has 1 aliphatic carbocycles. The van der Waals surface area contributed by atoms with Gasteiger partial charge in [-0.3, -0.25) is 4.98 Å². The lowest BCUT2D eigenvalue weighted by atomic mass is 9.94. The third kappa shape index (κ3) is 3.92. The Hall–Kier alpha value is -1.20. The fourth-order valence-corrected chi connectivity index (χ4v) is 2.23. The van der Waals surface area contributed by atoms with Gasteiger partial charge in [-0.15, -0.1) is 0 Å². The molecule has 18 heavy (non-hydrogen) atoms. The van der Waals surface area contributed by atoms with Crippen LogP contribution in [0.2, 0.25) is 0 Å². The van der Waals surface area contributed by atoms with Gasteiger partial charge in [0, 0.05) is 25.0 Å². The highest BCUT2D eigenvalue weighted by Crippen LogP contribution is 2.19. The molecule has 1 aliphatic rings. The first-order valence-corrected chi connectivity index (χ1v) is 6.64. The van der Waals surface area contributed by atoms with Crippen molar-refractivity contribution in [3.8, 4) is 0 Å². The van der Waals surface area contributed by atoms with Crippen molar-refractivity contribution in [3.05, 3.63) is 18.1 Å². The average Bonchev–Trinajstić information content (AvgIpc) is 2.39. The number of rotatable bonds is 5. The van der Waals surface area contributed by atoms with Crippen LogP contribution in [0.25, 0.3) is 0 Å². The van der Waals surface area contributed by atoms with E-state index in [9.17, 15) is 0 Å². The zero-order chi connectivity index (χ0) is 12.8. The summed E-state index contributed by atoms with van der Waals surface area (Å²) in [7, 11) is 0. The van der Waals surface area contributed by atoms with Crippen LogP contribution in [0.4, 0.5) is 5.82 Å². The standard InChI is InChI=1S/C13H22N4O/c1-10-13(16-7-6-15-10)17-8-9-18-12-4-2-11(14)3-5-12/h6-7,11-12H,2-5,8-9,14H2,1H3,(H,16,17). The van der Waals surface area contributed by atoms with Gasteiger partial charge in [0.1, 0.15) is 5.82 Å². The molecule has 0 spiro atoms. The Morgan fingerprint density at radius 1 is 1.28 bits per heavy atom. The third-order valence-corrected chi connectivity index (χ3v) is 3.35. The summed E-state index contributed by atoms with van der Waals surface area (Å²) in [6.07, 6.45) is 8.12. The van der Waals surface area contributed by atoms with Gasteiger partial charge in [-0.05, 0) is 32.6 Å². The van der Waals surface area contributed by atoms with Gasteiger partial charge in [0.15, 0.2) is 0 Å². The zero-order valence-corrected chi connectivity index (χ0v) is 10.9. The molecule has 0 amide bonds. The normalized spacial score (nSPS) is 23.9. The van der Waals surface area contributed by atoms with Crippen molar-refractivity contribution in [2.24, 2.45) is 5.73 Å². The molecule has 1 aromatic rings. The van der Waals surface area contributed by atoms with Crippen molar-refractivity contribution < 1.29 is 4.74 Å². The molecular formula is C13H22N4O. The molecule has 1 heterocycles. The van der Waals surface area contributed by atoms with Gasteiger partial charge in [-0.1, -0.05) is 0 Å². The molecule has 0 unspecified atom stereocenters. The summed E-state index contributed by atoms with van der Waals surface area (Å²) < 4.78 is 5.83. The molecule has 5 nitrogen and oxygen atoms in total. The highest BCUT2D eigenvalue weighted by atomic mass is 16.5. The monoisotopic (exact) mass is 250 g/mol. The van der Waals surface area contributed by atoms with Gasteiger partial charge >= 0.3 is 0 Å². The van der Waals surface area contributed by atoms with Crippen LogP contribution in [0, 0.1) is 6.92 Å². The van der Waals surface area contributed by atoms with E-state index in [-0.39, 0.29) is 0 Å². The second kappa shape index (κ2) is 6.66. The van der Waals surface area contributed by atoms with Crippen molar-refractivity contribution in [2.75, 3.05) is 18.5 Å². The number of aryl methyl sites for hydroxylation is 1. The second-order valence-corrected chi connectivity index (χ2v) is 4.82. The predicted molar refractivity (Wildman–Crippen MR) is 71.4 cm³/mol. The van der Waals surface area contributed by atoms with Crippen LogP contribution in [0.1, 0.15) is 31.4 Å². The smallest absolute Gasteiger partial charge is 0.147 e. The molecule has 0 aromatic carbocycles. The third-order valence-electron chi connectivity index (χ3n) is 3.35. The molecule has 3 N–H and O–H groups in total. The molecule has 0 atom stereocenters. The van der Waals surface area contributed by atoms with Gasteiger partial charge in [-0.25, -0.2) is 4.98 Å². The van der Waals surface area contributed by atoms with Crippen molar-refractivity contribution in [2.45, 2.75) is 44.8 Å². The molecule has 5 heteroatoms. The molecule has 1 aromatic heterocycles. The highest BCUT2D eigenvalue weighted by molar-refractivity contribution is 5.37. The molecule has 0 radical (unpaired) electrons. The van der Waals surface area contributed by atoms with Crippen molar-refractivity contribution >= 4 is 5.82 Å². The maximum absolute atomic E-state index is 5.86. The summed E-state index contributed by atoms with van der Waals surface area (Å²) in [4.78, 5) is 8.40. The van der Waals surface area contributed by atoms with Gasteiger partial charge in [0.05, 0.1) is 18.4 Å². The number of hydrogen-bond donors (Lipinski definition) is 2. The van der Waals surface area contributed by atoms with Crippen molar-refractivity contribution in [1.82, 2.24) is 9.97 Å². The van der Waals surface area contributed by atoms with Crippen LogP contribution in [-0.4, -0.2) is 35.3 Å². The largest absolute Gasteiger partial charge is 0.376 e. The van der Waals surface area contributed by atoms with E-state index in [1.54, 1.807) is 12.4 Å². The number of hydrogen-bond acceptors (Lipinski definition) is 5. The molecule has 1 fully saturated rings. The highest BCUT2D eigenvalue weighted by Gasteiger charge is 2.18. The Balaban J connectivity index is 1.63. The SMILES string of the molecule is Cc1nccnc1NCCOC1CCC(N)CC1. The predicted octanol–water partition coefficient (Wildman–Crippen LogP) is 1.48. The van der Waals surface area contributed by atoms with Crippen LogP contribution in [0.5, 0.6) is 0 Å². The lowest BCUT2D eigenvalue weighted by Gasteiger charge is -2.26. The van der Waals surface area contributed by atoms with Crippen LogP contribution >= 0.6 is 0 Å². The van der Waals surface area contributed by atoms with Crippen LogP contribution < -0.4 is 11.1 Å². The second-order valence-electron chi connectivity index (χ2n) is 4.82. The Kier molecular flexibility index (Phi) is 4.90. The van der Waals surface area contributed by atoms with E-state index >= 15 is 0 Å². The van der Waals surface area contributed by atoms with E-state index in [1.807, 2.05) is 6.92 Å². The number of aromatic nitrogens is 2. The molecule has 0 aliphatic heterocycles. The van der Waals surface area contributed by atoms with E-state index in [0.717, 1.165) is 43.7 Å². The number of nitrogens with two attached hydrogens (primary N) is 1. The first-order chi connectivity index (χ1) is 8.75. The summed E-state index contributed by atoms with van der Waals surface area (Å²) in [6.45, 7) is 3.41. The summed E-state index contributed by atoms with van der Waals surface area (Å²) in [5.74, 6) is 0.840. The first kappa shape index (κ1) is 13.2. The molecule has 100 valence electrons. The number of ether oxygens (including phenoxy) is 1. The Labute approximate surface area is 108 Å². The van der Waals surface area contributed by atoms with E-state index in [0.29, 0.717) is 18.8 Å². The fourth-order valence-electron chi connectivity index (χ4n) is 2.23. The fraction of sp³-hybridized carbons (Fsp3) is 0.692. The van der Waals surface area contributed by atoms with Crippen molar-refractivity contribution in [3.63, 3.8) is 0 Å². The van der Waals surface area contributed by atoms with E-state index < -0.39 is 0 Å². The summed E-state index contributed by atoms with van der Waals surface area (Å²) in [5.41, 5.74) is 6.78. The zero-order valence-electron chi connectivity index (χ0n) is 10.9. The topological polar surface area (TPSA) is 73.1 Å². The maximum Gasteiger partial charge on any atom is 0.147 e. The van der Waals surface area contributed by atoms with Gasteiger partial charge in [0.25, 0.3) is 0 Å². The van der Waals surface area contributed by atoms with Crippen LogP contribution in [0.15, 0.2) is 12.4 Å². The van der Waals surface area contributed by atoms with E-state index in [2.05, 4.69) is 15.3 Å². The summed E-state index contributed by atoms with van der Waals surface area (Å²) in [5, 5.41) is 3.24. The summed E-state index contributed by atoms with van der Waals surface area (Å²) >= 11 is 0. The van der Waals surface area contributed by atoms with Gasteiger partial charge in [0.2, 0.25) is 0 Å². The average molecular weight is 250 g/mol. The number of anilines is 1. The quantitative estimate of drug-likeness (QED) is 0.774. The maximum atomic E-state index is 5.86. The minimum absolute atomic E-state index is 0.380. The Morgan fingerprint density at radius 3 is 2.72 bits per heavy atom. The first-order valence-electron chi connectivity index (χ1n) is 6.64. The Morgan fingerprint density at radius 2 is 2.00 bits per heavy atom. The lowest BCUT2D eigenvalue weighted by molar-refractivity contribution is 0.0313. The Bertz CT molecular complexity index is 364. The molecule has 0 bridgehead atoms. The minimum atomic E-state index is 0.380. The van der Waals surface area contributed by atoms with E-state index in [4.69, 9.17) is 10.5 Å². The molecule has 2 rings (SSSR count). The van der Waals surface area contributed by atoms with E-state index in [1.165, 1.54) is 0 Å².